The van der Waals surface area contributed by atoms with Gasteiger partial charge in [0.2, 0.25) is 0 Å². The summed E-state index contributed by atoms with van der Waals surface area (Å²) in [6.07, 6.45) is 0.472. The molecule has 0 spiro atoms. The zero-order valence-electron chi connectivity index (χ0n) is 6.06. The van der Waals surface area contributed by atoms with E-state index in [4.69, 9.17) is 5.41 Å². The molecule has 3 heteroatoms. The minimum absolute atomic E-state index is 0.00823. The molecule has 0 aromatic heterocycles. The quantitative estimate of drug-likeness (QED) is 0.476. The summed E-state index contributed by atoms with van der Waals surface area (Å²) in [5.74, 6) is -0.00823. The van der Waals surface area contributed by atoms with Crippen molar-refractivity contribution < 1.29 is 4.79 Å². The molecule has 0 bridgehead atoms. The van der Waals surface area contributed by atoms with Crippen LogP contribution >= 0.6 is 7.92 Å². The second-order valence-corrected chi connectivity index (χ2v) is 4.26. The number of Topliss-reactive ketones (excluding diaryl/α,β-unsaturated/α-hetero) is 1. The second kappa shape index (κ2) is 3.73. The average Bonchev–Trinajstić information content (AvgIpc) is 1.84. The molecule has 0 aliphatic heterocycles. The summed E-state index contributed by atoms with van der Waals surface area (Å²) in [7, 11) is -0.473. The molecule has 0 aliphatic carbocycles. The highest BCUT2D eigenvalue weighted by Gasteiger charge is 2.08. The molecule has 0 aromatic carbocycles. The van der Waals surface area contributed by atoms with Gasteiger partial charge in [-0.2, -0.15) is 0 Å². The smallest absolute Gasteiger partial charge is 0.180 e. The van der Waals surface area contributed by atoms with Crippen molar-refractivity contribution in [3.05, 3.63) is 0 Å². The number of carbonyl (C=O) groups is 1. The van der Waals surface area contributed by atoms with Crippen LogP contribution in [0.4, 0.5) is 0 Å². The van der Waals surface area contributed by atoms with E-state index in [0.717, 1.165) is 0 Å². The van der Waals surface area contributed by atoms with Crippen molar-refractivity contribution in [3.63, 3.8) is 0 Å². The lowest BCUT2D eigenvalue weighted by Crippen LogP contribution is -2.07. The minimum Gasteiger partial charge on any atom is -0.297 e. The number of hydrogen-bond acceptors (Lipinski definition) is 2. The zero-order chi connectivity index (χ0) is 7.44. The number of rotatable bonds is 3. The third-order valence-corrected chi connectivity index (χ3v) is 2.18. The van der Waals surface area contributed by atoms with Crippen molar-refractivity contribution >= 4 is 19.2 Å². The highest BCUT2D eigenvalue weighted by molar-refractivity contribution is 7.76. The largest absolute Gasteiger partial charge is 0.297 e. The van der Waals surface area contributed by atoms with Gasteiger partial charge >= 0.3 is 0 Å². The van der Waals surface area contributed by atoms with Gasteiger partial charge in [-0.1, -0.05) is 14.8 Å². The Morgan fingerprint density at radius 2 is 2.00 bits per heavy atom. The SMILES string of the molecule is CCC(=O)C(=N)P(C)C. The first-order chi connectivity index (χ1) is 4.09. The highest BCUT2D eigenvalue weighted by Crippen LogP contribution is 2.26. The summed E-state index contributed by atoms with van der Waals surface area (Å²) in [5.41, 5.74) is 0.313. The first kappa shape index (κ1) is 8.77. The molecule has 0 aromatic rings. The first-order valence-corrected chi connectivity index (χ1v) is 5.12. The van der Waals surface area contributed by atoms with Crippen LogP contribution in [0.5, 0.6) is 0 Å². The fourth-order valence-corrected chi connectivity index (χ4v) is 1.07. The van der Waals surface area contributed by atoms with Crippen LogP contribution < -0.4 is 0 Å². The number of hydrogen-bond donors (Lipinski definition) is 1. The first-order valence-electron chi connectivity index (χ1n) is 2.88. The van der Waals surface area contributed by atoms with Crippen LogP contribution in [0.2, 0.25) is 0 Å². The molecule has 0 rings (SSSR count). The normalized spacial score (nSPS) is 9.78. The molecule has 0 radical (unpaired) electrons. The Kier molecular flexibility index (Phi) is 3.64. The maximum absolute atomic E-state index is 10.7. The van der Waals surface area contributed by atoms with E-state index in [1.165, 1.54) is 0 Å². The number of nitrogens with one attached hydrogen (secondary N) is 1. The molecular formula is C6H12NOP. The summed E-state index contributed by atoms with van der Waals surface area (Å²) in [5, 5.41) is 7.23. The van der Waals surface area contributed by atoms with Gasteiger partial charge in [-0.25, -0.2) is 0 Å². The van der Waals surface area contributed by atoms with Gasteiger partial charge in [0.1, 0.15) is 0 Å². The predicted molar refractivity (Wildman–Crippen MR) is 41.8 cm³/mol. The highest BCUT2D eigenvalue weighted by atomic mass is 31.1. The van der Waals surface area contributed by atoms with Gasteiger partial charge in [0.05, 0.1) is 5.45 Å². The van der Waals surface area contributed by atoms with E-state index in [0.29, 0.717) is 11.9 Å². The topological polar surface area (TPSA) is 40.9 Å². The van der Waals surface area contributed by atoms with E-state index in [1.54, 1.807) is 6.92 Å². The molecule has 0 saturated carbocycles. The Morgan fingerprint density at radius 3 is 2.11 bits per heavy atom. The Morgan fingerprint density at radius 1 is 1.56 bits per heavy atom. The summed E-state index contributed by atoms with van der Waals surface area (Å²) >= 11 is 0. The molecule has 0 atom stereocenters. The van der Waals surface area contributed by atoms with Crippen molar-refractivity contribution in [3.8, 4) is 0 Å². The monoisotopic (exact) mass is 145 g/mol. The Balaban J connectivity index is 3.89. The van der Waals surface area contributed by atoms with E-state index in [-0.39, 0.29) is 5.78 Å². The molecule has 0 saturated heterocycles. The second-order valence-electron chi connectivity index (χ2n) is 2.02. The maximum atomic E-state index is 10.7. The number of ketones is 1. The lowest BCUT2D eigenvalue weighted by Gasteiger charge is -2.02. The summed E-state index contributed by atoms with van der Waals surface area (Å²) in [6, 6.07) is 0. The van der Waals surface area contributed by atoms with Crippen LogP contribution in [-0.2, 0) is 4.79 Å². The van der Waals surface area contributed by atoms with Gasteiger partial charge in [-0.15, -0.1) is 0 Å². The molecule has 0 fully saturated rings. The van der Waals surface area contributed by atoms with Crippen molar-refractivity contribution in [1.82, 2.24) is 0 Å². The third kappa shape index (κ3) is 2.71. The third-order valence-electron chi connectivity index (χ3n) is 1.03. The van der Waals surface area contributed by atoms with E-state index < -0.39 is 7.92 Å². The van der Waals surface area contributed by atoms with Gasteiger partial charge < -0.3 is 0 Å². The maximum Gasteiger partial charge on any atom is 0.180 e. The van der Waals surface area contributed by atoms with Gasteiger partial charge in [0, 0.05) is 6.42 Å². The van der Waals surface area contributed by atoms with Crippen LogP contribution in [0.1, 0.15) is 13.3 Å². The minimum atomic E-state index is -0.473. The van der Waals surface area contributed by atoms with E-state index in [9.17, 15) is 4.79 Å². The van der Waals surface area contributed by atoms with Crippen LogP contribution in [-0.4, -0.2) is 24.6 Å². The molecule has 0 amide bonds. The molecule has 0 heterocycles. The standard InChI is InChI=1S/C6H12NOP/c1-4-5(8)6(7)9(2)3/h7H,4H2,1-3H3. The average molecular weight is 145 g/mol. The van der Waals surface area contributed by atoms with Crippen molar-refractivity contribution in [2.75, 3.05) is 13.3 Å². The van der Waals surface area contributed by atoms with Crippen LogP contribution in [0, 0.1) is 5.41 Å². The van der Waals surface area contributed by atoms with Crippen LogP contribution in [0.3, 0.4) is 0 Å². The van der Waals surface area contributed by atoms with Gasteiger partial charge in [-0.3, -0.25) is 10.2 Å². The van der Waals surface area contributed by atoms with E-state index in [1.807, 2.05) is 13.3 Å². The molecule has 1 N–H and O–H groups in total. The molecule has 9 heavy (non-hydrogen) atoms. The fourth-order valence-electron chi connectivity index (χ4n) is 0.417. The van der Waals surface area contributed by atoms with E-state index in [2.05, 4.69) is 0 Å². The fraction of sp³-hybridized carbons (Fsp3) is 0.667. The summed E-state index contributed by atoms with van der Waals surface area (Å²) in [4.78, 5) is 10.7. The summed E-state index contributed by atoms with van der Waals surface area (Å²) < 4.78 is 0. The van der Waals surface area contributed by atoms with Gasteiger partial charge in [-0.05, 0) is 13.3 Å². The van der Waals surface area contributed by atoms with Gasteiger partial charge in [0.25, 0.3) is 0 Å². The predicted octanol–water partition coefficient (Wildman–Crippen LogP) is 1.68. The molecule has 2 nitrogen and oxygen atoms in total. The van der Waals surface area contributed by atoms with Crippen LogP contribution in [0.15, 0.2) is 0 Å². The lowest BCUT2D eigenvalue weighted by molar-refractivity contribution is -0.112. The van der Waals surface area contributed by atoms with E-state index >= 15 is 0 Å². The Hall–Kier alpha value is -0.230. The Labute approximate surface area is 56.9 Å². The number of carbonyl (C=O) groups excluding carboxylic acids is 1. The molecular weight excluding hydrogens is 133 g/mol. The van der Waals surface area contributed by atoms with Crippen molar-refractivity contribution in [2.24, 2.45) is 0 Å². The summed E-state index contributed by atoms with van der Waals surface area (Å²) in [6.45, 7) is 5.63. The van der Waals surface area contributed by atoms with Gasteiger partial charge in [0.15, 0.2) is 5.78 Å². The molecule has 52 valence electrons. The zero-order valence-corrected chi connectivity index (χ0v) is 6.96. The lowest BCUT2D eigenvalue weighted by atomic mass is 10.3. The molecule has 0 aliphatic rings. The van der Waals surface area contributed by atoms with Crippen molar-refractivity contribution in [1.29, 1.82) is 5.41 Å². The van der Waals surface area contributed by atoms with Crippen LogP contribution in [0.25, 0.3) is 0 Å². The molecule has 0 unspecified atom stereocenters. The Bertz CT molecular complexity index is 131. The van der Waals surface area contributed by atoms with Crippen molar-refractivity contribution in [2.45, 2.75) is 13.3 Å².